The lowest BCUT2D eigenvalue weighted by molar-refractivity contribution is 0.654. The van der Waals surface area contributed by atoms with Gasteiger partial charge in [-0.3, -0.25) is 0 Å². The van der Waals surface area contributed by atoms with Gasteiger partial charge in [0.05, 0.1) is 66.9 Å². The fourth-order valence-electron chi connectivity index (χ4n) is 16.2. The molecule has 0 aliphatic carbocycles. The molecule has 0 aliphatic rings. The zero-order valence-electron chi connectivity index (χ0n) is 52.3. The van der Waals surface area contributed by atoms with E-state index in [2.05, 4.69) is 340 Å². The van der Waals surface area contributed by atoms with Crippen LogP contribution in [0.15, 0.2) is 332 Å². The number of rotatable bonds is 9. The highest BCUT2D eigenvalue weighted by Crippen LogP contribution is 2.56. The van der Waals surface area contributed by atoms with E-state index in [0.29, 0.717) is 28.2 Å². The van der Waals surface area contributed by atoms with Gasteiger partial charge in [-0.2, -0.15) is 5.26 Å². The van der Waals surface area contributed by atoms with Crippen molar-refractivity contribution >= 4 is 109 Å². The van der Waals surface area contributed by atoms with E-state index < -0.39 is 0 Å². The number of fused-ring (bicyclic) bond motifs is 15. The Balaban J connectivity index is 1.17. The number of hydrogen-bond acceptors (Lipinski definition) is 3. The SMILES string of the molecule is N#Cc1c(-n2c3ccccc3c3cccc(-c4ccccc4)c32)c(-n2c3ccccc3c3cccc(-c4ccccc4)c32)c(-c2cccc3oc4ncccc4c23)c(-n2c3ccccc3c3cccc(-c4ccccc4)c32)c1-n1c2ccccc2c2cccc(-c3ccccc3)c21. The molecular formula is C90H54N6O. The topological polar surface area (TPSA) is 69.5 Å². The number of hydrogen-bond donors (Lipinski definition) is 0. The van der Waals surface area contributed by atoms with E-state index in [1.807, 2.05) is 12.3 Å². The van der Waals surface area contributed by atoms with E-state index in [4.69, 9.17) is 9.40 Å². The number of nitrogens with zero attached hydrogens (tertiary/aromatic N) is 6. The van der Waals surface area contributed by atoms with E-state index in [1.165, 1.54) is 0 Å². The lowest BCUT2D eigenvalue weighted by atomic mass is 9.90. The molecule has 0 N–H and O–H groups in total. The van der Waals surface area contributed by atoms with Crippen LogP contribution in [-0.4, -0.2) is 23.3 Å². The number of aromatic nitrogens is 5. The van der Waals surface area contributed by atoms with Gasteiger partial charge in [-0.05, 0) is 70.3 Å². The van der Waals surface area contributed by atoms with Crippen LogP contribution in [0.3, 0.4) is 0 Å². The van der Waals surface area contributed by atoms with Crippen molar-refractivity contribution in [3.63, 3.8) is 0 Å². The summed E-state index contributed by atoms with van der Waals surface area (Å²) in [4.78, 5) is 4.98. The first-order valence-electron chi connectivity index (χ1n) is 32.9. The maximum absolute atomic E-state index is 13.8. The number of pyridine rings is 1. The van der Waals surface area contributed by atoms with Gasteiger partial charge in [-0.15, -0.1) is 0 Å². The van der Waals surface area contributed by atoms with Crippen LogP contribution >= 0.6 is 0 Å². The van der Waals surface area contributed by atoms with Gasteiger partial charge >= 0.3 is 0 Å². The molecule has 0 bridgehead atoms. The Hall–Kier alpha value is -13.3. The van der Waals surface area contributed by atoms with Gasteiger partial charge in [-0.1, -0.05) is 279 Å². The van der Waals surface area contributed by atoms with Crippen LogP contribution in [0, 0.1) is 11.3 Å². The predicted octanol–water partition coefficient (Wildman–Crippen LogP) is 23.6. The molecule has 0 amide bonds. The summed E-state index contributed by atoms with van der Waals surface area (Å²) in [5.74, 6) is 0. The Morgan fingerprint density at radius 1 is 0.268 bits per heavy atom. The van der Waals surface area contributed by atoms with Crippen LogP contribution in [0.5, 0.6) is 0 Å². The molecule has 0 aliphatic heterocycles. The standard InChI is InChI=1S/C90H54N6O/c91-55-74-86(93-75-49-17-13-35-64(75)68-43-21-39-60(82(68)93)56-27-5-1-6-28-56)88(95-77-51-19-15-37-66(77)70-45-23-41-62(84(70)95)58-31-9-3-10-32-58)81(72-47-25-53-79-80(72)73-48-26-54-92-90(73)97-79)89(96-78-52-20-16-38-67(78)71-46-24-42-63(85(71)96)59-33-11-4-12-34-59)87(74)94-76-50-18-14-36-65(76)69-44-22-40-61(83(69)94)57-29-7-2-8-30-57/h1-54H. The fraction of sp³-hybridized carbons (Fsp3) is 0. The Labute approximate surface area is 556 Å². The van der Waals surface area contributed by atoms with E-state index in [0.717, 1.165) is 165 Å². The van der Waals surface area contributed by atoms with Crippen LogP contribution < -0.4 is 0 Å². The molecule has 0 radical (unpaired) electrons. The molecule has 20 rings (SSSR count). The van der Waals surface area contributed by atoms with Crippen molar-refractivity contribution in [2.45, 2.75) is 0 Å². The molecule has 7 nitrogen and oxygen atoms in total. The lowest BCUT2D eigenvalue weighted by Gasteiger charge is -2.30. The Morgan fingerprint density at radius 3 is 0.928 bits per heavy atom. The molecule has 6 aromatic heterocycles. The van der Waals surface area contributed by atoms with E-state index in [1.54, 1.807) is 0 Å². The highest BCUT2D eigenvalue weighted by Gasteiger charge is 2.37. The highest BCUT2D eigenvalue weighted by molar-refractivity contribution is 6.23. The van der Waals surface area contributed by atoms with Gasteiger partial charge in [0.25, 0.3) is 0 Å². The molecule has 20 aromatic rings. The number of para-hydroxylation sites is 8. The van der Waals surface area contributed by atoms with E-state index >= 15 is 0 Å². The first kappa shape index (κ1) is 54.3. The Bertz CT molecular complexity index is 6340. The summed E-state index contributed by atoms with van der Waals surface area (Å²) < 4.78 is 17.0. The van der Waals surface area contributed by atoms with Gasteiger partial charge in [-0.25, -0.2) is 4.98 Å². The summed E-state index contributed by atoms with van der Waals surface area (Å²) in [5, 5.41) is 24.1. The average Bonchev–Trinajstić information content (AvgIpc) is 1.50. The van der Waals surface area contributed by atoms with E-state index in [-0.39, 0.29) is 0 Å². The monoisotopic (exact) mass is 1230 g/mol. The minimum Gasteiger partial charge on any atom is -0.438 e. The molecule has 6 heterocycles. The van der Waals surface area contributed by atoms with Crippen molar-refractivity contribution in [3.8, 4) is 84.5 Å². The van der Waals surface area contributed by atoms with Crippen LogP contribution in [0.4, 0.5) is 0 Å². The highest BCUT2D eigenvalue weighted by atomic mass is 16.3. The molecule has 97 heavy (non-hydrogen) atoms. The van der Waals surface area contributed by atoms with E-state index in [9.17, 15) is 5.26 Å². The van der Waals surface area contributed by atoms with Gasteiger partial charge < -0.3 is 22.7 Å². The van der Waals surface area contributed by atoms with Crippen molar-refractivity contribution < 1.29 is 4.42 Å². The quantitative estimate of drug-likeness (QED) is 0.145. The normalized spacial score (nSPS) is 11.9. The molecule has 14 aromatic carbocycles. The van der Waals surface area contributed by atoms with Gasteiger partial charge in [0.2, 0.25) is 5.71 Å². The summed E-state index contributed by atoms with van der Waals surface area (Å²) in [6.07, 6.45) is 1.81. The minimum absolute atomic E-state index is 0.460. The summed E-state index contributed by atoms with van der Waals surface area (Å²) in [6, 6.07) is 119. The molecule has 0 fully saturated rings. The second-order valence-electron chi connectivity index (χ2n) is 25.1. The number of furan rings is 1. The summed E-state index contributed by atoms with van der Waals surface area (Å²) in [5.41, 5.74) is 22.5. The Kier molecular flexibility index (Phi) is 12.0. The van der Waals surface area contributed by atoms with Crippen molar-refractivity contribution in [1.82, 2.24) is 23.3 Å². The lowest BCUT2D eigenvalue weighted by Crippen LogP contribution is -2.17. The Morgan fingerprint density at radius 2 is 0.567 bits per heavy atom. The number of nitriles is 1. The molecule has 0 spiro atoms. The second-order valence-corrected chi connectivity index (χ2v) is 25.1. The second kappa shape index (κ2) is 21.4. The molecule has 7 heteroatoms. The van der Waals surface area contributed by atoms with Crippen LogP contribution in [0.25, 0.3) is 188 Å². The third-order valence-corrected chi connectivity index (χ3v) is 20.1. The zero-order valence-corrected chi connectivity index (χ0v) is 52.3. The predicted molar refractivity (Wildman–Crippen MR) is 401 cm³/mol. The molecular weight excluding hydrogens is 1180 g/mol. The molecule has 450 valence electrons. The number of benzene rings is 14. The van der Waals surface area contributed by atoms with Gasteiger partial charge in [0.15, 0.2) is 0 Å². The van der Waals surface area contributed by atoms with Crippen molar-refractivity contribution in [3.05, 3.63) is 333 Å². The third-order valence-electron chi connectivity index (χ3n) is 20.1. The first-order valence-corrected chi connectivity index (χ1v) is 32.9. The van der Waals surface area contributed by atoms with Gasteiger partial charge in [0.1, 0.15) is 17.2 Å². The maximum Gasteiger partial charge on any atom is 0.227 e. The zero-order chi connectivity index (χ0) is 63.8. The van der Waals surface area contributed by atoms with Crippen molar-refractivity contribution in [1.29, 1.82) is 5.26 Å². The summed E-state index contributed by atoms with van der Waals surface area (Å²) in [7, 11) is 0. The molecule has 0 saturated carbocycles. The average molecular weight is 1240 g/mol. The fourth-order valence-corrected chi connectivity index (χ4v) is 16.2. The molecule has 0 atom stereocenters. The summed E-state index contributed by atoms with van der Waals surface area (Å²) in [6.45, 7) is 0. The van der Waals surface area contributed by atoms with Crippen molar-refractivity contribution in [2.75, 3.05) is 0 Å². The summed E-state index contributed by atoms with van der Waals surface area (Å²) >= 11 is 0. The van der Waals surface area contributed by atoms with Crippen LogP contribution in [0.2, 0.25) is 0 Å². The van der Waals surface area contributed by atoms with Gasteiger partial charge in [0, 0.05) is 87.9 Å². The maximum atomic E-state index is 13.8. The van der Waals surface area contributed by atoms with Crippen molar-refractivity contribution in [2.24, 2.45) is 0 Å². The van der Waals surface area contributed by atoms with Crippen LogP contribution in [-0.2, 0) is 0 Å². The smallest absolute Gasteiger partial charge is 0.227 e. The molecule has 0 saturated heterocycles. The largest absolute Gasteiger partial charge is 0.438 e. The molecule has 0 unspecified atom stereocenters. The first-order chi connectivity index (χ1) is 48.2. The third kappa shape index (κ3) is 7.87. The van der Waals surface area contributed by atoms with Crippen LogP contribution in [0.1, 0.15) is 5.56 Å². The minimum atomic E-state index is 0.460.